The van der Waals surface area contributed by atoms with E-state index in [1.807, 2.05) is 30.3 Å². The van der Waals surface area contributed by atoms with Gasteiger partial charge in [-0.2, -0.15) is 0 Å². The first-order chi connectivity index (χ1) is 13.9. The molecule has 0 aliphatic carbocycles. The van der Waals surface area contributed by atoms with E-state index in [1.54, 1.807) is 12.1 Å². The van der Waals surface area contributed by atoms with Crippen molar-refractivity contribution in [2.75, 3.05) is 20.7 Å². The van der Waals surface area contributed by atoms with E-state index in [9.17, 15) is 19.5 Å². The number of methoxy groups -OCH3 is 1. The molecule has 0 saturated carbocycles. The first-order valence-corrected chi connectivity index (χ1v) is 8.96. The number of hydrogen-bond acceptors (Lipinski definition) is 6. The molecule has 29 heavy (non-hydrogen) atoms. The van der Waals surface area contributed by atoms with Crippen LogP contribution in [0.25, 0.3) is 0 Å². The van der Waals surface area contributed by atoms with Gasteiger partial charge in [0.05, 0.1) is 7.11 Å². The smallest absolute Gasteiger partial charge is 0.410 e. The van der Waals surface area contributed by atoms with Crippen LogP contribution in [0.4, 0.5) is 4.79 Å². The van der Waals surface area contributed by atoms with Crippen LogP contribution in [0.15, 0.2) is 54.6 Å². The molecular formula is C21H24N2O6. The lowest BCUT2D eigenvalue weighted by Gasteiger charge is -2.20. The van der Waals surface area contributed by atoms with Crippen molar-refractivity contribution < 1.29 is 29.0 Å². The third-order valence-electron chi connectivity index (χ3n) is 4.09. The summed E-state index contributed by atoms with van der Waals surface area (Å²) in [6.45, 7) is -0.187. The minimum Gasteiger partial charge on any atom is -0.508 e. The van der Waals surface area contributed by atoms with E-state index in [1.165, 1.54) is 26.3 Å². The summed E-state index contributed by atoms with van der Waals surface area (Å²) in [6, 6.07) is 14.5. The third kappa shape index (κ3) is 7.17. The van der Waals surface area contributed by atoms with Gasteiger partial charge in [-0.15, -0.1) is 0 Å². The Hall–Kier alpha value is -3.55. The second-order valence-electron chi connectivity index (χ2n) is 6.41. The molecule has 0 heterocycles. The number of esters is 1. The molecule has 0 aromatic heterocycles. The van der Waals surface area contributed by atoms with Gasteiger partial charge in [-0.25, -0.2) is 9.59 Å². The summed E-state index contributed by atoms with van der Waals surface area (Å²) >= 11 is 0. The van der Waals surface area contributed by atoms with Crippen molar-refractivity contribution in [2.45, 2.75) is 19.1 Å². The summed E-state index contributed by atoms with van der Waals surface area (Å²) in [5.74, 6) is -1.04. The van der Waals surface area contributed by atoms with Crippen molar-refractivity contribution in [3.63, 3.8) is 0 Å². The maximum absolute atomic E-state index is 12.3. The Bertz CT molecular complexity index is 823. The van der Waals surface area contributed by atoms with E-state index in [-0.39, 0.29) is 25.3 Å². The van der Waals surface area contributed by atoms with Crippen LogP contribution < -0.4 is 5.32 Å². The molecular weight excluding hydrogens is 376 g/mol. The Morgan fingerprint density at radius 3 is 2.31 bits per heavy atom. The van der Waals surface area contributed by atoms with Gasteiger partial charge in [0.15, 0.2) is 0 Å². The number of nitrogens with zero attached hydrogens (tertiary/aromatic N) is 1. The SMILES string of the molecule is COC(=O)[C@H](Cc1ccc(O)cc1)NC(=O)CN(C)C(=O)OCc1ccccc1. The number of carbonyl (C=O) groups is 3. The number of hydrogen-bond donors (Lipinski definition) is 2. The summed E-state index contributed by atoms with van der Waals surface area (Å²) in [4.78, 5) is 37.5. The number of phenolic OH excluding ortho intramolecular Hbond substituents is 1. The average Bonchev–Trinajstić information content (AvgIpc) is 2.73. The van der Waals surface area contributed by atoms with E-state index in [4.69, 9.17) is 9.47 Å². The van der Waals surface area contributed by atoms with Gasteiger partial charge >= 0.3 is 12.1 Å². The zero-order valence-corrected chi connectivity index (χ0v) is 16.3. The molecule has 0 radical (unpaired) electrons. The van der Waals surface area contributed by atoms with Crippen LogP contribution in [0.3, 0.4) is 0 Å². The molecule has 154 valence electrons. The molecule has 8 heteroatoms. The highest BCUT2D eigenvalue weighted by atomic mass is 16.6. The fourth-order valence-corrected chi connectivity index (χ4v) is 2.55. The van der Waals surface area contributed by atoms with Crippen molar-refractivity contribution in [3.8, 4) is 5.75 Å². The zero-order valence-electron chi connectivity index (χ0n) is 16.3. The normalized spacial score (nSPS) is 11.2. The number of likely N-dealkylation sites (N-methyl/N-ethyl adjacent to an activating group) is 1. The predicted octanol–water partition coefficient (Wildman–Crippen LogP) is 1.86. The maximum Gasteiger partial charge on any atom is 0.410 e. The van der Waals surface area contributed by atoms with Gasteiger partial charge in [0.1, 0.15) is 24.9 Å². The van der Waals surface area contributed by atoms with Crippen LogP contribution in [0.5, 0.6) is 5.75 Å². The molecule has 1 atom stereocenters. The number of phenols is 1. The van der Waals surface area contributed by atoms with E-state index < -0.39 is 24.0 Å². The largest absolute Gasteiger partial charge is 0.508 e. The first-order valence-electron chi connectivity index (χ1n) is 8.96. The van der Waals surface area contributed by atoms with Crippen molar-refractivity contribution >= 4 is 18.0 Å². The second-order valence-corrected chi connectivity index (χ2v) is 6.41. The lowest BCUT2D eigenvalue weighted by molar-refractivity contribution is -0.145. The van der Waals surface area contributed by atoms with Gasteiger partial charge in [0.25, 0.3) is 0 Å². The quantitative estimate of drug-likeness (QED) is 0.656. The molecule has 0 spiro atoms. The molecule has 0 unspecified atom stereocenters. The number of carbonyl (C=O) groups excluding carboxylic acids is 3. The molecule has 0 fully saturated rings. The molecule has 0 bridgehead atoms. The number of benzene rings is 2. The fraction of sp³-hybridized carbons (Fsp3) is 0.286. The van der Waals surface area contributed by atoms with Gasteiger partial charge in [-0.05, 0) is 23.3 Å². The van der Waals surface area contributed by atoms with E-state index in [0.717, 1.165) is 16.0 Å². The van der Waals surface area contributed by atoms with E-state index in [0.29, 0.717) is 0 Å². The van der Waals surface area contributed by atoms with Crippen LogP contribution in [-0.2, 0) is 32.1 Å². The fourth-order valence-electron chi connectivity index (χ4n) is 2.55. The van der Waals surface area contributed by atoms with Crippen molar-refractivity contribution in [2.24, 2.45) is 0 Å². The lowest BCUT2D eigenvalue weighted by Crippen LogP contribution is -2.47. The molecule has 0 aliphatic heterocycles. The van der Waals surface area contributed by atoms with Gasteiger partial charge in [0.2, 0.25) is 5.91 Å². The van der Waals surface area contributed by atoms with Crippen LogP contribution in [0, 0.1) is 0 Å². The summed E-state index contributed by atoms with van der Waals surface area (Å²) in [6.07, 6.45) is -0.474. The summed E-state index contributed by atoms with van der Waals surface area (Å²) in [5, 5.41) is 11.9. The van der Waals surface area contributed by atoms with Crippen LogP contribution in [0.2, 0.25) is 0 Å². The van der Waals surface area contributed by atoms with E-state index in [2.05, 4.69) is 5.32 Å². The maximum atomic E-state index is 12.3. The van der Waals surface area contributed by atoms with Crippen molar-refractivity contribution in [1.29, 1.82) is 0 Å². The minimum absolute atomic E-state index is 0.0945. The van der Waals surface area contributed by atoms with Crippen molar-refractivity contribution in [1.82, 2.24) is 10.2 Å². The molecule has 8 nitrogen and oxygen atoms in total. The second kappa shape index (κ2) is 10.7. The highest BCUT2D eigenvalue weighted by molar-refractivity contribution is 5.87. The lowest BCUT2D eigenvalue weighted by atomic mass is 10.1. The van der Waals surface area contributed by atoms with Crippen LogP contribution >= 0.6 is 0 Å². The molecule has 0 aliphatic rings. The Morgan fingerprint density at radius 2 is 1.69 bits per heavy atom. The summed E-state index contributed by atoms with van der Waals surface area (Å²) < 4.78 is 9.90. The molecule has 2 aromatic rings. The summed E-state index contributed by atoms with van der Waals surface area (Å²) in [7, 11) is 2.66. The molecule has 2 amide bonds. The molecule has 2 rings (SSSR count). The van der Waals surface area contributed by atoms with Crippen molar-refractivity contribution in [3.05, 3.63) is 65.7 Å². The Kier molecular flexibility index (Phi) is 8.02. The third-order valence-corrected chi connectivity index (χ3v) is 4.09. The average molecular weight is 400 g/mol. The van der Waals surface area contributed by atoms with E-state index >= 15 is 0 Å². The Morgan fingerprint density at radius 1 is 1.03 bits per heavy atom. The van der Waals surface area contributed by atoms with Gasteiger partial charge < -0.3 is 24.8 Å². The standard InChI is InChI=1S/C21H24N2O6/c1-23(21(27)29-14-16-6-4-3-5-7-16)13-19(25)22-18(20(26)28-2)12-15-8-10-17(24)11-9-15/h3-11,18,24H,12-14H2,1-2H3,(H,22,25)/t18-/m0/s1. The first kappa shape index (κ1) is 21.7. The number of amides is 2. The predicted molar refractivity (Wildman–Crippen MR) is 105 cm³/mol. The van der Waals surface area contributed by atoms with Crippen LogP contribution in [0.1, 0.15) is 11.1 Å². The highest BCUT2D eigenvalue weighted by Gasteiger charge is 2.23. The highest BCUT2D eigenvalue weighted by Crippen LogP contribution is 2.12. The molecule has 2 N–H and O–H groups in total. The number of ether oxygens (including phenoxy) is 2. The van der Waals surface area contributed by atoms with Gasteiger partial charge in [-0.3, -0.25) is 4.79 Å². The number of aromatic hydroxyl groups is 1. The van der Waals surface area contributed by atoms with Gasteiger partial charge in [0, 0.05) is 13.5 Å². The topological polar surface area (TPSA) is 105 Å². The number of nitrogens with one attached hydrogen (secondary N) is 1. The van der Waals surface area contributed by atoms with Crippen LogP contribution in [-0.4, -0.2) is 54.7 Å². The van der Waals surface area contributed by atoms with Gasteiger partial charge in [-0.1, -0.05) is 42.5 Å². The zero-order chi connectivity index (χ0) is 21.2. The summed E-state index contributed by atoms with van der Waals surface area (Å²) in [5.41, 5.74) is 1.56. The Labute approximate surface area is 169 Å². The molecule has 2 aromatic carbocycles. The Balaban J connectivity index is 1.88. The minimum atomic E-state index is -0.925. The monoisotopic (exact) mass is 400 g/mol. The number of rotatable bonds is 8. The molecule has 0 saturated heterocycles.